The van der Waals surface area contributed by atoms with Crippen LogP contribution in [-0.2, 0) is 14.4 Å². The third-order valence-electron chi connectivity index (χ3n) is 5.51. The largest absolute Gasteiger partial charge is 0.325 e. The summed E-state index contributed by atoms with van der Waals surface area (Å²) in [6.45, 7) is 0.651. The summed E-state index contributed by atoms with van der Waals surface area (Å²) in [6, 6.07) is 11.7. The summed E-state index contributed by atoms with van der Waals surface area (Å²) in [5.41, 5.74) is 1.83. The number of nitrogens with one attached hydrogen (secondary N) is 2. The number of likely N-dealkylation sites (tertiary alicyclic amines) is 1. The van der Waals surface area contributed by atoms with Crippen molar-refractivity contribution in [1.82, 2.24) is 4.90 Å². The van der Waals surface area contributed by atoms with Gasteiger partial charge in [-0.25, -0.2) is 0 Å². The molecule has 31 heavy (non-hydrogen) atoms. The van der Waals surface area contributed by atoms with E-state index in [-0.39, 0.29) is 30.8 Å². The topological polar surface area (TPSA) is 81.8 Å². The number of benzene rings is 2. The molecule has 2 aliphatic heterocycles. The highest BCUT2D eigenvalue weighted by Gasteiger charge is 2.33. The zero-order valence-electron chi connectivity index (χ0n) is 16.7. The molecule has 2 heterocycles. The number of halogens is 2. The SMILES string of the molecule is O=C1CN(C(=O)CN2CCCCC2C(=O)Nc2ccc(Cl)c(Cl)c2)c2ccccc2N1. The van der Waals surface area contributed by atoms with Gasteiger partial charge < -0.3 is 10.6 Å². The van der Waals surface area contributed by atoms with E-state index in [1.165, 1.54) is 4.90 Å². The van der Waals surface area contributed by atoms with Gasteiger partial charge in [0.15, 0.2) is 0 Å². The molecule has 2 aromatic carbocycles. The van der Waals surface area contributed by atoms with Crippen molar-refractivity contribution < 1.29 is 14.4 Å². The number of para-hydroxylation sites is 2. The second kappa shape index (κ2) is 9.26. The van der Waals surface area contributed by atoms with Crippen molar-refractivity contribution in [3.8, 4) is 0 Å². The van der Waals surface area contributed by atoms with Crippen LogP contribution in [0, 0.1) is 0 Å². The fourth-order valence-corrected chi connectivity index (χ4v) is 4.29. The number of anilines is 3. The van der Waals surface area contributed by atoms with Gasteiger partial charge in [0.2, 0.25) is 17.7 Å². The van der Waals surface area contributed by atoms with Crippen LogP contribution >= 0.6 is 23.2 Å². The van der Waals surface area contributed by atoms with Crippen molar-refractivity contribution in [2.75, 3.05) is 35.2 Å². The number of carbonyl (C=O) groups excluding carboxylic acids is 3. The highest BCUT2D eigenvalue weighted by molar-refractivity contribution is 6.42. The highest BCUT2D eigenvalue weighted by Crippen LogP contribution is 2.30. The molecule has 0 spiro atoms. The summed E-state index contributed by atoms with van der Waals surface area (Å²) in [5, 5.41) is 6.42. The molecule has 1 saturated heterocycles. The summed E-state index contributed by atoms with van der Waals surface area (Å²) < 4.78 is 0. The molecule has 0 bridgehead atoms. The Kier molecular flexibility index (Phi) is 6.46. The zero-order valence-corrected chi connectivity index (χ0v) is 18.2. The maximum Gasteiger partial charge on any atom is 0.244 e. The van der Waals surface area contributed by atoms with E-state index in [1.54, 1.807) is 36.4 Å². The molecule has 2 aliphatic rings. The molecule has 9 heteroatoms. The first kappa shape index (κ1) is 21.6. The summed E-state index contributed by atoms with van der Waals surface area (Å²) in [6.07, 6.45) is 2.46. The van der Waals surface area contributed by atoms with Gasteiger partial charge in [0, 0.05) is 5.69 Å². The van der Waals surface area contributed by atoms with Crippen LogP contribution in [0.25, 0.3) is 0 Å². The monoisotopic (exact) mass is 460 g/mol. The van der Waals surface area contributed by atoms with Crippen molar-refractivity contribution in [2.24, 2.45) is 0 Å². The van der Waals surface area contributed by atoms with Crippen LogP contribution in [0.4, 0.5) is 17.1 Å². The maximum atomic E-state index is 13.1. The molecule has 2 N–H and O–H groups in total. The van der Waals surface area contributed by atoms with E-state index < -0.39 is 6.04 Å². The van der Waals surface area contributed by atoms with E-state index in [0.717, 1.165) is 12.8 Å². The van der Waals surface area contributed by atoms with Gasteiger partial charge in [0.05, 0.1) is 34.0 Å². The third-order valence-corrected chi connectivity index (χ3v) is 6.25. The Hall–Kier alpha value is -2.61. The van der Waals surface area contributed by atoms with Gasteiger partial charge in [0.1, 0.15) is 6.54 Å². The first-order valence-corrected chi connectivity index (χ1v) is 10.9. The number of fused-ring (bicyclic) bond motifs is 1. The fourth-order valence-electron chi connectivity index (χ4n) is 3.99. The van der Waals surface area contributed by atoms with E-state index in [9.17, 15) is 14.4 Å². The summed E-state index contributed by atoms with van der Waals surface area (Å²) >= 11 is 12.0. The standard InChI is InChI=1S/C22H22Cl2N4O3/c23-15-9-8-14(11-16(15)24)25-22(31)19-7-3-4-10-27(19)13-21(30)28-12-20(29)26-17-5-1-2-6-18(17)28/h1-2,5-6,8-9,11,19H,3-4,7,10,12-13H2,(H,25,31)(H,26,29). The van der Waals surface area contributed by atoms with E-state index in [1.807, 2.05) is 11.0 Å². The molecule has 0 radical (unpaired) electrons. The maximum absolute atomic E-state index is 13.1. The Balaban J connectivity index is 1.47. The predicted octanol–water partition coefficient (Wildman–Crippen LogP) is 3.77. The molecule has 3 amide bonds. The average molecular weight is 461 g/mol. The van der Waals surface area contributed by atoms with Gasteiger partial charge in [-0.1, -0.05) is 41.8 Å². The van der Waals surface area contributed by atoms with Gasteiger partial charge in [-0.05, 0) is 49.7 Å². The summed E-state index contributed by atoms with van der Waals surface area (Å²) in [4.78, 5) is 41.5. The summed E-state index contributed by atoms with van der Waals surface area (Å²) in [5.74, 6) is -0.640. The Bertz CT molecular complexity index is 1030. The van der Waals surface area contributed by atoms with Crippen molar-refractivity contribution in [2.45, 2.75) is 25.3 Å². The fraction of sp³-hybridized carbons (Fsp3) is 0.318. The lowest BCUT2D eigenvalue weighted by atomic mass is 10.0. The molecular formula is C22H22Cl2N4O3. The third kappa shape index (κ3) is 4.84. The number of hydrogen-bond acceptors (Lipinski definition) is 4. The molecule has 0 saturated carbocycles. The van der Waals surface area contributed by atoms with Crippen LogP contribution in [0.15, 0.2) is 42.5 Å². The first-order chi connectivity index (χ1) is 14.9. The van der Waals surface area contributed by atoms with Crippen molar-refractivity contribution >= 4 is 58.0 Å². The van der Waals surface area contributed by atoms with Gasteiger partial charge in [-0.2, -0.15) is 0 Å². The molecular weight excluding hydrogens is 439 g/mol. The molecule has 1 fully saturated rings. The van der Waals surface area contributed by atoms with Crippen LogP contribution in [-0.4, -0.2) is 48.3 Å². The van der Waals surface area contributed by atoms with Crippen molar-refractivity contribution in [3.05, 3.63) is 52.5 Å². The van der Waals surface area contributed by atoms with Gasteiger partial charge >= 0.3 is 0 Å². The molecule has 162 valence electrons. The number of nitrogens with zero attached hydrogens (tertiary/aromatic N) is 2. The van der Waals surface area contributed by atoms with Crippen LogP contribution in [0.2, 0.25) is 10.0 Å². The Morgan fingerprint density at radius 2 is 1.90 bits per heavy atom. The molecule has 7 nitrogen and oxygen atoms in total. The van der Waals surface area contributed by atoms with Crippen LogP contribution in [0.1, 0.15) is 19.3 Å². The lowest BCUT2D eigenvalue weighted by Crippen LogP contribution is -2.53. The van der Waals surface area contributed by atoms with Crippen LogP contribution in [0.5, 0.6) is 0 Å². The van der Waals surface area contributed by atoms with Crippen LogP contribution < -0.4 is 15.5 Å². The Labute approximate surface area is 190 Å². The lowest BCUT2D eigenvalue weighted by Gasteiger charge is -2.36. The van der Waals surface area contributed by atoms with Crippen molar-refractivity contribution in [1.29, 1.82) is 0 Å². The quantitative estimate of drug-likeness (QED) is 0.727. The van der Waals surface area contributed by atoms with E-state index >= 15 is 0 Å². The van der Waals surface area contributed by atoms with E-state index in [4.69, 9.17) is 23.2 Å². The summed E-state index contributed by atoms with van der Waals surface area (Å²) in [7, 11) is 0. The molecule has 4 rings (SSSR count). The second-order valence-corrected chi connectivity index (χ2v) is 8.46. The number of amides is 3. The molecule has 0 aromatic heterocycles. The Morgan fingerprint density at radius 3 is 2.71 bits per heavy atom. The smallest absolute Gasteiger partial charge is 0.244 e. The molecule has 0 aliphatic carbocycles. The minimum atomic E-state index is -0.444. The van der Waals surface area contributed by atoms with Crippen LogP contribution in [0.3, 0.4) is 0 Å². The number of rotatable bonds is 4. The van der Waals surface area contributed by atoms with E-state index in [2.05, 4.69) is 10.6 Å². The normalized spacial score (nSPS) is 18.8. The number of carbonyl (C=O) groups is 3. The molecule has 2 aromatic rings. The Morgan fingerprint density at radius 1 is 1.10 bits per heavy atom. The van der Waals surface area contributed by atoms with Gasteiger partial charge in [-0.15, -0.1) is 0 Å². The predicted molar refractivity (Wildman–Crippen MR) is 122 cm³/mol. The lowest BCUT2D eigenvalue weighted by molar-refractivity contribution is -0.127. The van der Waals surface area contributed by atoms with Gasteiger partial charge in [0.25, 0.3) is 0 Å². The minimum Gasteiger partial charge on any atom is -0.325 e. The molecule has 1 unspecified atom stereocenters. The zero-order chi connectivity index (χ0) is 22.0. The number of hydrogen-bond donors (Lipinski definition) is 2. The van der Waals surface area contributed by atoms with E-state index in [0.29, 0.717) is 40.1 Å². The average Bonchev–Trinajstić information content (AvgIpc) is 2.76. The van der Waals surface area contributed by atoms with Crippen molar-refractivity contribution in [3.63, 3.8) is 0 Å². The highest BCUT2D eigenvalue weighted by atomic mass is 35.5. The first-order valence-electron chi connectivity index (χ1n) is 10.1. The van der Waals surface area contributed by atoms with Gasteiger partial charge in [-0.3, -0.25) is 24.2 Å². The molecule has 1 atom stereocenters. The minimum absolute atomic E-state index is 0.0379. The second-order valence-electron chi connectivity index (χ2n) is 7.65. The number of piperidine rings is 1.